The van der Waals surface area contributed by atoms with Crippen LogP contribution in [0.4, 0.5) is 0 Å². The minimum absolute atomic E-state index is 0.0114. The molecule has 5 nitrogen and oxygen atoms in total. The van der Waals surface area contributed by atoms with Crippen LogP contribution in [-0.4, -0.2) is 24.5 Å². The van der Waals surface area contributed by atoms with E-state index in [1.807, 2.05) is 50.4 Å². The third-order valence-electron chi connectivity index (χ3n) is 3.56. The van der Waals surface area contributed by atoms with Gasteiger partial charge in [0.05, 0.1) is 16.8 Å². The zero-order valence-electron chi connectivity index (χ0n) is 13.1. The Hall–Kier alpha value is -2.18. The van der Waals surface area contributed by atoms with Crippen LogP contribution >= 0.6 is 11.3 Å². The number of benzene rings is 1. The lowest BCUT2D eigenvalue weighted by atomic mass is 10.1. The van der Waals surface area contributed by atoms with Gasteiger partial charge in [0.1, 0.15) is 5.76 Å². The number of furan rings is 1. The van der Waals surface area contributed by atoms with Gasteiger partial charge in [0, 0.05) is 12.5 Å². The maximum atomic E-state index is 11.9. The number of aromatic nitrogens is 1. The van der Waals surface area contributed by atoms with E-state index in [-0.39, 0.29) is 11.8 Å². The van der Waals surface area contributed by atoms with Crippen molar-refractivity contribution in [1.82, 2.24) is 15.6 Å². The van der Waals surface area contributed by atoms with Crippen molar-refractivity contribution in [2.45, 2.75) is 13.5 Å². The van der Waals surface area contributed by atoms with E-state index in [2.05, 4.69) is 15.6 Å². The minimum atomic E-state index is -0.0707. The third-order valence-corrected chi connectivity index (χ3v) is 4.61. The summed E-state index contributed by atoms with van der Waals surface area (Å²) in [5.41, 5.74) is 0.972. The molecule has 0 fully saturated rings. The van der Waals surface area contributed by atoms with Crippen molar-refractivity contribution < 1.29 is 9.21 Å². The molecular weight excluding hydrogens is 310 g/mol. The Morgan fingerprint density at radius 1 is 1.30 bits per heavy atom. The smallest absolute Gasteiger partial charge is 0.224 e. The molecule has 2 heterocycles. The highest BCUT2D eigenvalue weighted by Gasteiger charge is 2.13. The van der Waals surface area contributed by atoms with Gasteiger partial charge in [-0.2, -0.15) is 0 Å². The summed E-state index contributed by atoms with van der Waals surface area (Å²) in [6.07, 6.45) is 0. The van der Waals surface area contributed by atoms with Gasteiger partial charge in [0.25, 0.3) is 0 Å². The first-order valence-electron chi connectivity index (χ1n) is 7.54. The van der Waals surface area contributed by atoms with Crippen molar-refractivity contribution in [3.05, 3.63) is 42.2 Å². The fourth-order valence-corrected chi connectivity index (χ4v) is 3.24. The summed E-state index contributed by atoms with van der Waals surface area (Å²) in [5, 5.41) is 6.73. The zero-order valence-corrected chi connectivity index (χ0v) is 13.9. The van der Waals surface area contributed by atoms with Crippen molar-refractivity contribution in [1.29, 1.82) is 0 Å². The summed E-state index contributed by atoms with van der Waals surface area (Å²) in [7, 11) is 1.83. The molecule has 0 spiro atoms. The van der Waals surface area contributed by atoms with E-state index in [0.29, 0.717) is 13.1 Å². The van der Waals surface area contributed by atoms with Crippen molar-refractivity contribution in [3.8, 4) is 10.8 Å². The number of thiazole rings is 1. The molecule has 6 heteroatoms. The first-order chi connectivity index (χ1) is 11.2. The predicted molar refractivity (Wildman–Crippen MR) is 92.3 cm³/mol. The minimum Gasteiger partial charge on any atom is -0.457 e. The molecule has 1 aromatic carbocycles. The molecule has 1 unspecified atom stereocenters. The Bertz CT molecular complexity index is 776. The Kier molecular flexibility index (Phi) is 4.73. The first kappa shape index (κ1) is 15.7. The highest BCUT2D eigenvalue weighted by Crippen LogP contribution is 2.31. The summed E-state index contributed by atoms with van der Waals surface area (Å²) in [5.74, 6) is 1.40. The van der Waals surface area contributed by atoms with E-state index in [9.17, 15) is 4.79 Å². The highest BCUT2D eigenvalue weighted by atomic mass is 32.1. The highest BCUT2D eigenvalue weighted by molar-refractivity contribution is 7.21. The van der Waals surface area contributed by atoms with Crippen molar-refractivity contribution in [2.24, 2.45) is 5.92 Å². The molecule has 2 N–H and O–H groups in total. The normalized spacial score (nSPS) is 12.4. The van der Waals surface area contributed by atoms with Crippen molar-refractivity contribution >= 4 is 27.5 Å². The molecule has 3 rings (SSSR count). The van der Waals surface area contributed by atoms with E-state index >= 15 is 0 Å². The number of carbonyl (C=O) groups excluding carboxylic acids is 1. The maximum Gasteiger partial charge on any atom is 0.224 e. The Balaban J connectivity index is 1.67. The second kappa shape index (κ2) is 6.93. The monoisotopic (exact) mass is 329 g/mol. The lowest BCUT2D eigenvalue weighted by Gasteiger charge is -2.10. The second-order valence-corrected chi connectivity index (χ2v) is 6.46. The molecule has 0 saturated carbocycles. The lowest BCUT2D eigenvalue weighted by Crippen LogP contribution is -2.33. The molecule has 23 heavy (non-hydrogen) atoms. The molecule has 1 amide bonds. The van der Waals surface area contributed by atoms with Crippen LogP contribution in [0.2, 0.25) is 0 Å². The van der Waals surface area contributed by atoms with Gasteiger partial charge in [-0.1, -0.05) is 19.1 Å². The van der Waals surface area contributed by atoms with Gasteiger partial charge < -0.3 is 15.1 Å². The number of hydrogen-bond donors (Lipinski definition) is 2. The van der Waals surface area contributed by atoms with E-state index in [0.717, 1.165) is 26.7 Å². The fraction of sp³-hybridized carbons (Fsp3) is 0.294. The molecule has 2 aromatic heterocycles. The third kappa shape index (κ3) is 3.60. The van der Waals surface area contributed by atoms with E-state index in [1.165, 1.54) is 0 Å². The number of amides is 1. The van der Waals surface area contributed by atoms with Gasteiger partial charge in [-0.25, -0.2) is 4.98 Å². The molecule has 120 valence electrons. The average molecular weight is 329 g/mol. The van der Waals surface area contributed by atoms with Crippen molar-refractivity contribution in [3.63, 3.8) is 0 Å². The number of para-hydroxylation sites is 1. The first-order valence-corrected chi connectivity index (χ1v) is 8.36. The molecule has 0 aliphatic heterocycles. The quantitative estimate of drug-likeness (QED) is 0.729. The molecule has 0 saturated heterocycles. The number of hydrogen-bond acceptors (Lipinski definition) is 5. The standard InChI is InChI=1S/C17H19N3O2S/c1-11(9-18-2)16(21)19-10-12-7-8-14(22-12)17-20-13-5-3-4-6-15(13)23-17/h3-8,11,18H,9-10H2,1-2H3,(H,19,21). The number of rotatable bonds is 6. The van der Waals surface area contributed by atoms with Crippen molar-refractivity contribution in [2.75, 3.05) is 13.6 Å². The summed E-state index contributed by atoms with van der Waals surface area (Å²) in [6.45, 7) is 2.93. The van der Waals surface area contributed by atoms with Gasteiger partial charge in [-0.05, 0) is 31.3 Å². The van der Waals surface area contributed by atoms with Crippen LogP contribution in [0.1, 0.15) is 12.7 Å². The Morgan fingerprint density at radius 2 is 2.13 bits per heavy atom. The second-order valence-electron chi connectivity index (χ2n) is 5.43. The Labute approximate surface area is 138 Å². The van der Waals surface area contributed by atoms with Crippen LogP contribution < -0.4 is 10.6 Å². The number of nitrogens with zero attached hydrogens (tertiary/aromatic N) is 1. The molecule has 0 aliphatic carbocycles. The van der Waals surface area contributed by atoms with Crippen LogP contribution in [0.5, 0.6) is 0 Å². The number of carbonyl (C=O) groups is 1. The zero-order chi connectivity index (χ0) is 16.2. The number of fused-ring (bicyclic) bond motifs is 1. The SMILES string of the molecule is CNCC(C)C(=O)NCc1ccc(-c2nc3ccccc3s2)o1. The summed E-state index contributed by atoms with van der Waals surface area (Å²) < 4.78 is 6.94. The molecule has 0 bridgehead atoms. The van der Waals surface area contributed by atoms with Gasteiger partial charge >= 0.3 is 0 Å². The van der Waals surface area contributed by atoms with Gasteiger partial charge in [-0.15, -0.1) is 11.3 Å². The van der Waals surface area contributed by atoms with Crippen LogP contribution in [-0.2, 0) is 11.3 Å². The van der Waals surface area contributed by atoms with Gasteiger partial charge in [0.15, 0.2) is 10.8 Å². The van der Waals surface area contributed by atoms with Crippen LogP contribution in [0.15, 0.2) is 40.8 Å². The average Bonchev–Trinajstić information content (AvgIpc) is 3.19. The molecule has 0 radical (unpaired) electrons. The summed E-state index contributed by atoms with van der Waals surface area (Å²) in [4.78, 5) is 16.5. The Morgan fingerprint density at radius 3 is 2.91 bits per heavy atom. The fourth-order valence-electron chi connectivity index (χ4n) is 2.31. The predicted octanol–water partition coefficient (Wildman–Crippen LogP) is 3.03. The topological polar surface area (TPSA) is 67.2 Å². The molecular formula is C17H19N3O2S. The maximum absolute atomic E-state index is 11.9. The largest absolute Gasteiger partial charge is 0.457 e. The number of nitrogens with one attached hydrogen (secondary N) is 2. The summed E-state index contributed by atoms with van der Waals surface area (Å²) >= 11 is 1.60. The van der Waals surface area contributed by atoms with Crippen LogP contribution in [0.3, 0.4) is 0 Å². The van der Waals surface area contributed by atoms with E-state index in [4.69, 9.17) is 4.42 Å². The van der Waals surface area contributed by atoms with E-state index < -0.39 is 0 Å². The van der Waals surface area contributed by atoms with Gasteiger partial charge in [0.2, 0.25) is 5.91 Å². The molecule has 1 atom stereocenters. The summed E-state index contributed by atoms with van der Waals surface area (Å²) in [6, 6.07) is 11.8. The molecule has 3 aromatic rings. The lowest BCUT2D eigenvalue weighted by molar-refractivity contribution is -0.124. The van der Waals surface area contributed by atoms with E-state index in [1.54, 1.807) is 11.3 Å². The molecule has 0 aliphatic rings. The van der Waals surface area contributed by atoms with Crippen LogP contribution in [0, 0.1) is 5.92 Å². The van der Waals surface area contributed by atoms with Gasteiger partial charge in [-0.3, -0.25) is 4.79 Å². The van der Waals surface area contributed by atoms with Crippen LogP contribution in [0.25, 0.3) is 21.0 Å².